The van der Waals surface area contributed by atoms with E-state index in [1.807, 2.05) is 0 Å². The third-order valence-electron chi connectivity index (χ3n) is 2.44. The van der Waals surface area contributed by atoms with Gasteiger partial charge in [-0.15, -0.1) is 0 Å². The summed E-state index contributed by atoms with van der Waals surface area (Å²) in [5, 5.41) is 11.0. The van der Waals surface area contributed by atoms with Gasteiger partial charge in [0.2, 0.25) is 0 Å². The van der Waals surface area contributed by atoms with E-state index in [2.05, 4.69) is 22.1 Å². The zero-order chi connectivity index (χ0) is 15.2. The number of halogens is 2. The molecule has 0 radical (unpaired) electrons. The second-order valence-electron chi connectivity index (χ2n) is 4.00. The predicted octanol–water partition coefficient (Wildman–Crippen LogP) is 1.96. The summed E-state index contributed by atoms with van der Waals surface area (Å²) >= 11 is 0. The van der Waals surface area contributed by atoms with Crippen LogP contribution in [0.1, 0.15) is 15.9 Å². The average molecular weight is 288 g/mol. The number of carbonyl (C=O) groups excluding carboxylic acids is 1. The number of nitrogens with zero attached hydrogens (tertiary/aromatic N) is 1. The molecule has 0 aliphatic heterocycles. The van der Waals surface area contributed by atoms with Gasteiger partial charge < -0.3 is 10.4 Å². The Balaban J connectivity index is 2.19. The summed E-state index contributed by atoms with van der Waals surface area (Å²) < 4.78 is 26.1. The minimum atomic E-state index is -0.837. The van der Waals surface area contributed by atoms with Gasteiger partial charge >= 0.3 is 0 Å². The van der Waals surface area contributed by atoms with E-state index in [1.54, 1.807) is 6.07 Å². The summed E-state index contributed by atoms with van der Waals surface area (Å²) in [6.07, 6.45) is 1.42. The van der Waals surface area contributed by atoms with E-state index < -0.39 is 17.5 Å². The zero-order valence-electron chi connectivity index (χ0n) is 10.7. The molecule has 2 rings (SSSR count). The number of hydrogen-bond acceptors (Lipinski definition) is 3. The highest BCUT2D eigenvalue weighted by molar-refractivity contribution is 6.03. The maximum atomic E-state index is 13.1. The number of amides is 1. The molecule has 2 N–H and O–H groups in total. The van der Waals surface area contributed by atoms with Gasteiger partial charge in [-0.1, -0.05) is 11.8 Å². The number of aliphatic hydroxyl groups excluding tert-OH is 1. The van der Waals surface area contributed by atoms with Gasteiger partial charge in [-0.2, -0.15) is 0 Å². The third-order valence-corrected chi connectivity index (χ3v) is 2.44. The molecule has 1 heterocycles. The molecule has 1 aromatic carbocycles. The first kappa shape index (κ1) is 14.6. The van der Waals surface area contributed by atoms with Gasteiger partial charge in [-0.25, -0.2) is 13.8 Å². The number of carbonyl (C=O) groups is 1. The Bertz CT molecular complexity index is 716. The molecule has 1 amide bonds. The van der Waals surface area contributed by atoms with Crippen molar-refractivity contribution in [3.05, 3.63) is 59.3 Å². The number of hydrogen-bond donors (Lipinski definition) is 2. The van der Waals surface area contributed by atoms with Crippen LogP contribution in [0.4, 0.5) is 14.6 Å². The van der Waals surface area contributed by atoms with Crippen LogP contribution in [0.15, 0.2) is 36.5 Å². The van der Waals surface area contributed by atoms with E-state index in [0.29, 0.717) is 11.6 Å². The SMILES string of the molecule is O=C(Nc1cc(C#CCO)ccn1)c1cc(F)cc(F)c1. The zero-order valence-corrected chi connectivity index (χ0v) is 10.7. The van der Waals surface area contributed by atoms with Crippen LogP contribution in [0.25, 0.3) is 0 Å². The summed E-state index contributed by atoms with van der Waals surface area (Å²) in [6.45, 7) is -0.285. The summed E-state index contributed by atoms with van der Waals surface area (Å²) in [6, 6.07) is 5.61. The van der Waals surface area contributed by atoms with Crippen molar-refractivity contribution in [2.24, 2.45) is 0 Å². The quantitative estimate of drug-likeness (QED) is 0.830. The van der Waals surface area contributed by atoms with Gasteiger partial charge in [-0.3, -0.25) is 4.79 Å². The fraction of sp³-hybridized carbons (Fsp3) is 0.0667. The molecule has 106 valence electrons. The summed E-state index contributed by atoms with van der Waals surface area (Å²) in [5.41, 5.74) is 0.390. The van der Waals surface area contributed by atoms with Crippen molar-refractivity contribution >= 4 is 11.7 Å². The van der Waals surface area contributed by atoms with Crippen molar-refractivity contribution in [3.63, 3.8) is 0 Å². The lowest BCUT2D eigenvalue weighted by Gasteiger charge is -2.05. The van der Waals surface area contributed by atoms with E-state index in [-0.39, 0.29) is 18.0 Å². The maximum absolute atomic E-state index is 13.1. The van der Waals surface area contributed by atoms with E-state index in [4.69, 9.17) is 5.11 Å². The van der Waals surface area contributed by atoms with Crippen molar-refractivity contribution in [2.75, 3.05) is 11.9 Å². The minimum absolute atomic E-state index is 0.152. The number of pyridine rings is 1. The molecule has 0 saturated carbocycles. The van der Waals surface area contributed by atoms with Gasteiger partial charge in [0.1, 0.15) is 24.1 Å². The number of aromatic nitrogens is 1. The standard InChI is InChI=1S/C15H10F2N2O2/c16-12-7-11(8-13(17)9-12)15(21)19-14-6-10(2-1-5-20)3-4-18-14/h3-4,6-9,20H,5H2,(H,18,19,21). The van der Waals surface area contributed by atoms with Crippen LogP contribution in [-0.2, 0) is 0 Å². The molecular formula is C15H10F2N2O2. The van der Waals surface area contributed by atoms with Crippen molar-refractivity contribution in [3.8, 4) is 11.8 Å². The Hall–Kier alpha value is -2.78. The predicted molar refractivity (Wildman–Crippen MR) is 72.5 cm³/mol. The van der Waals surface area contributed by atoms with E-state index in [9.17, 15) is 13.6 Å². The number of benzene rings is 1. The molecule has 0 aliphatic carbocycles. The molecule has 0 atom stereocenters. The first-order valence-corrected chi connectivity index (χ1v) is 5.92. The largest absolute Gasteiger partial charge is 0.384 e. The number of aliphatic hydroxyl groups is 1. The topological polar surface area (TPSA) is 62.2 Å². The summed E-state index contributed by atoms with van der Waals surface area (Å²) in [5.74, 6) is 2.94. The highest BCUT2D eigenvalue weighted by Gasteiger charge is 2.10. The molecule has 0 bridgehead atoms. The smallest absolute Gasteiger partial charge is 0.257 e. The van der Waals surface area contributed by atoms with Crippen LogP contribution in [-0.4, -0.2) is 22.6 Å². The molecule has 1 aromatic heterocycles. The minimum Gasteiger partial charge on any atom is -0.384 e. The molecule has 4 nitrogen and oxygen atoms in total. The lowest BCUT2D eigenvalue weighted by atomic mass is 10.2. The van der Waals surface area contributed by atoms with Crippen LogP contribution < -0.4 is 5.32 Å². The maximum Gasteiger partial charge on any atom is 0.257 e. The second-order valence-corrected chi connectivity index (χ2v) is 4.00. The highest BCUT2D eigenvalue weighted by atomic mass is 19.1. The molecule has 0 fully saturated rings. The van der Waals surface area contributed by atoms with Crippen LogP contribution in [0.3, 0.4) is 0 Å². The van der Waals surface area contributed by atoms with Gasteiger partial charge in [0, 0.05) is 23.4 Å². The molecule has 0 aliphatic rings. The summed E-state index contributed by atoms with van der Waals surface area (Å²) in [7, 11) is 0. The van der Waals surface area contributed by atoms with E-state index in [0.717, 1.165) is 12.1 Å². The molecule has 21 heavy (non-hydrogen) atoms. The van der Waals surface area contributed by atoms with E-state index >= 15 is 0 Å². The van der Waals surface area contributed by atoms with Crippen molar-refractivity contribution in [1.82, 2.24) is 4.98 Å². The number of anilines is 1. The Kier molecular flexibility index (Phi) is 4.59. The Labute approximate surface area is 119 Å². The molecule has 2 aromatic rings. The number of rotatable bonds is 2. The first-order chi connectivity index (χ1) is 10.1. The summed E-state index contributed by atoms with van der Waals surface area (Å²) in [4.78, 5) is 15.8. The van der Waals surface area contributed by atoms with Gasteiger partial charge in [0.05, 0.1) is 0 Å². The van der Waals surface area contributed by atoms with Crippen LogP contribution in [0, 0.1) is 23.5 Å². The van der Waals surface area contributed by atoms with Crippen molar-refractivity contribution < 1.29 is 18.7 Å². The Morgan fingerprint density at radius 1 is 1.24 bits per heavy atom. The Morgan fingerprint density at radius 3 is 2.62 bits per heavy atom. The average Bonchev–Trinajstić information content (AvgIpc) is 2.44. The Morgan fingerprint density at radius 2 is 1.95 bits per heavy atom. The third kappa shape index (κ3) is 4.09. The normalized spacial score (nSPS) is 9.67. The fourth-order valence-corrected chi connectivity index (χ4v) is 1.59. The molecular weight excluding hydrogens is 278 g/mol. The van der Waals surface area contributed by atoms with Gasteiger partial charge in [0.25, 0.3) is 5.91 Å². The van der Waals surface area contributed by atoms with Crippen molar-refractivity contribution in [2.45, 2.75) is 0 Å². The van der Waals surface area contributed by atoms with Gasteiger partial charge in [0.15, 0.2) is 0 Å². The molecule has 0 saturated heterocycles. The van der Waals surface area contributed by atoms with Crippen LogP contribution in [0.5, 0.6) is 0 Å². The fourth-order valence-electron chi connectivity index (χ4n) is 1.59. The van der Waals surface area contributed by atoms with Gasteiger partial charge in [-0.05, 0) is 24.3 Å². The second kappa shape index (κ2) is 6.59. The first-order valence-electron chi connectivity index (χ1n) is 5.92. The monoisotopic (exact) mass is 288 g/mol. The highest BCUT2D eigenvalue weighted by Crippen LogP contribution is 2.11. The lowest BCUT2D eigenvalue weighted by molar-refractivity contribution is 0.102. The molecule has 6 heteroatoms. The number of nitrogens with one attached hydrogen (secondary N) is 1. The molecule has 0 unspecified atom stereocenters. The van der Waals surface area contributed by atoms with E-state index in [1.165, 1.54) is 12.3 Å². The van der Waals surface area contributed by atoms with Crippen molar-refractivity contribution in [1.29, 1.82) is 0 Å². The van der Waals surface area contributed by atoms with Crippen LogP contribution >= 0.6 is 0 Å². The van der Waals surface area contributed by atoms with Crippen LogP contribution in [0.2, 0.25) is 0 Å². The molecule has 0 spiro atoms. The lowest BCUT2D eigenvalue weighted by Crippen LogP contribution is -2.13.